The summed E-state index contributed by atoms with van der Waals surface area (Å²) in [6.45, 7) is 8.25. The highest BCUT2D eigenvalue weighted by molar-refractivity contribution is 5.83. The molecule has 1 aliphatic heterocycles. The summed E-state index contributed by atoms with van der Waals surface area (Å²) in [6, 6.07) is 7.56. The molecule has 1 aromatic carbocycles. The average Bonchev–Trinajstić information content (AvgIpc) is 2.68. The molecule has 28 heavy (non-hydrogen) atoms. The van der Waals surface area contributed by atoms with Crippen LogP contribution in [0.2, 0.25) is 0 Å². The number of ether oxygens (including phenoxy) is 1. The van der Waals surface area contributed by atoms with Gasteiger partial charge in [-0.05, 0) is 37.0 Å². The third-order valence-corrected chi connectivity index (χ3v) is 5.02. The zero-order chi connectivity index (χ0) is 20.6. The molecule has 2 amide bonds. The molecule has 0 unspecified atom stereocenters. The van der Waals surface area contributed by atoms with Crippen LogP contribution in [0.15, 0.2) is 49.6 Å². The van der Waals surface area contributed by atoms with E-state index in [1.807, 2.05) is 24.3 Å². The monoisotopic (exact) mass is 386 g/mol. The Kier molecular flexibility index (Phi) is 7.81. The first-order valence-corrected chi connectivity index (χ1v) is 9.53. The molecular weight excluding hydrogens is 356 g/mol. The van der Waals surface area contributed by atoms with Gasteiger partial charge in [-0.1, -0.05) is 24.3 Å². The zero-order valence-corrected chi connectivity index (χ0v) is 16.5. The van der Waals surface area contributed by atoms with Gasteiger partial charge in [-0.25, -0.2) is 0 Å². The van der Waals surface area contributed by atoms with Gasteiger partial charge >= 0.3 is 0 Å². The van der Waals surface area contributed by atoms with Gasteiger partial charge in [0, 0.05) is 26.1 Å². The van der Waals surface area contributed by atoms with Gasteiger partial charge < -0.3 is 20.1 Å². The number of methoxy groups -OCH3 is 1. The van der Waals surface area contributed by atoms with Crippen molar-refractivity contribution in [3.05, 3.63) is 55.1 Å². The molecule has 152 valence electrons. The number of rotatable bonds is 10. The molecule has 0 bridgehead atoms. The van der Waals surface area contributed by atoms with Crippen molar-refractivity contribution in [1.29, 1.82) is 0 Å². The first kappa shape index (κ1) is 21.7. The van der Waals surface area contributed by atoms with Crippen molar-refractivity contribution >= 4 is 11.8 Å². The van der Waals surface area contributed by atoms with Crippen LogP contribution >= 0.6 is 0 Å². The topological polar surface area (TPSA) is 78.9 Å². The summed E-state index contributed by atoms with van der Waals surface area (Å²) in [5, 5.41) is 13.4. The van der Waals surface area contributed by atoms with Gasteiger partial charge in [0.25, 0.3) is 0 Å². The maximum absolute atomic E-state index is 12.6. The minimum atomic E-state index is -1.08. The van der Waals surface area contributed by atoms with Gasteiger partial charge in [-0.2, -0.15) is 0 Å². The molecule has 1 fully saturated rings. The summed E-state index contributed by atoms with van der Waals surface area (Å²) in [7, 11) is 1.60. The molecular formula is C22H30N2O4. The lowest BCUT2D eigenvalue weighted by Crippen LogP contribution is -2.49. The first-order valence-electron chi connectivity index (χ1n) is 9.53. The molecule has 2 rings (SSSR count). The van der Waals surface area contributed by atoms with Crippen molar-refractivity contribution in [2.75, 3.05) is 20.2 Å². The third kappa shape index (κ3) is 5.96. The van der Waals surface area contributed by atoms with Crippen LogP contribution in [0.25, 0.3) is 0 Å². The third-order valence-electron chi connectivity index (χ3n) is 5.02. The number of aliphatic hydroxyl groups is 1. The Bertz CT molecular complexity index is 706. The molecule has 1 saturated heterocycles. The summed E-state index contributed by atoms with van der Waals surface area (Å²) in [5.74, 6) is 0.344. The van der Waals surface area contributed by atoms with Crippen LogP contribution in [0.4, 0.5) is 0 Å². The molecule has 1 aliphatic rings. The fraction of sp³-hybridized carbons (Fsp3) is 0.455. The minimum Gasteiger partial charge on any atom is -0.497 e. The molecule has 0 aliphatic carbocycles. The van der Waals surface area contributed by atoms with Crippen molar-refractivity contribution in [3.63, 3.8) is 0 Å². The summed E-state index contributed by atoms with van der Waals surface area (Å²) >= 11 is 0. The predicted octanol–water partition coefficient (Wildman–Crippen LogP) is 2.43. The Morgan fingerprint density at radius 3 is 2.75 bits per heavy atom. The van der Waals surface area contributed by atoms with Gasteiger partial charge in [0.1, 0.15) is 5.75 Å². The number of carbonyl (C=O) groups is 2. The normalized spacial score (nSPS) is 17.1. The molecule has 0 radical (unpaired) electrons. The van der Waals surface area contributed by atoms with Crippen molar-refractivity contribution in [2.24, 2.45) is 5.92 Å². The standard InChI is InChI=1S/C22H30N2O4/c1-4-11-22(27,12-5-2)16-23-21(26)18-9-10-20(25)24(15-18)14-17-7-6-8-19(13-17)28-3/h4-8,13,18,27H,1-2,9-12,14-16H2,3H3,(H,23,26)/t18-/m0/s1. The Balaban J connectivity index is 1.96. The second-order valence-electron chi connectivity index (χ2n) is 7.29. The Morgan fingerprint density at radius 1 is 1.39 bits per heavy atom. The summed E-state index contributed by atoms with van der Waals surface area (Å²) in [5.41, 5.74) is -0.121. The number of carbonyl (C=O) groups excluding carboxylic acids is 2. The van der Waals surface area contributed by atoms with E-state index in [1.165, 1.54) is 0 Å². The fourth-order valence-electron chi connectivity index (χ4n) is 3.43. The Hall–Kier alpha value is -2.60. The molecule has 0 aromatic heterocycles. The van der Waals surface area contributed by atoms with E-state index in [4.69, 9.17) is 4.74 Å². The van der Waals surface area contributed by atoms with Crippen LogP contribution in [0.5, 0.6) is 5.75 Å². The largest absolute Gasteiger partial charge is 0.497 e. The van der Waals surface area contributed by atoms with E-state index in [0.717, 1.165) is 11.3 Å². The molecule has 6 heteroatoms. The van der Waals surface area contributed by atoms with E-state index in [-0.39, 0.29) is 24.3 Å². The van der Waals surface area contributed by atoms with Gasteiger partial charge in [-0.15, -0.1) is 13.2 Å². The number of nitrogens with zero attached hydrogens (tertiary/aromatic N) is 1. The SMILES string of the molecule is C=CCC(O)(CC=C)CNC(=O)[C@H]1CCC(=O)N(Cc2cccc(OC)c2)C1. The second kappa shape index (κ2) is 10.1. The average molecular weight is 386 g/mol. The minimum absolute atomic E-state index is 0.0432. The molecule has 6 nitrogen and oxygen atoms in total. The van der Waals surface area contributed by atoms with Crippen LogP contribution in [-0.2, 0) is 16.1 Å². The molecule has 1 aromatic rings. The molecule has 1 heterocycles. The van der Waals surface area contributed by atoms with E-state index in [2.05, 4.69) is 18.5 Å². The lowest BCUT2D eigenvalue weighted by Gasteiger charge is -2.33. The van der Waals surface area contributed by atoms with Gasteiger partial charge in [0.05, 0.1) is 18.6 Å². The van der Waals surface area contributed by atoms with Crippen LogP contribution in [-0.4, -0.2) is 47.6 Å². The molecule has 0 spiro atoms. The van der Waals surface area contributed by atoms with E-state index >= 15 is 0 Å². The summed E-state index contributed by atoms with van der Waals surface area (Å²) in [4.78, 5) is 26.6. The highest BCUT2D eigenvalue weighted by atomic mass is 16.5. The maximum Gasteiger partial charge on any atom is 0.225 e. The predicted molar refractivity (Wildman–Crippen MR) is 109 cm³/mol. The lowest BCUT2D eigenvalue weighted by molar-refractivity contribution is -0.139. The van der Waals surface area contributed by atoms with E-state index in [9.17, 15) is 14.7 Å². The number of hydrogen-bond acceptors (Lipinski definition) is 4. The van der Waals surface area contributed by atoms with Crippen LogP contribution < -0.4 is 10.1 Å². The van der Waals surface area contributed by atoms with Gasteiger partial charge in [-0.3, -0.25) is 9.59 Å². The van der Waals surface area contributed by atoms with Gasteiger partial charge in [0.2, 0.25) is 11.8 Å². The number of hydrogen-bond donors (Lipinski definition) is 2. The Morgan fingerprint density at radius 2 is 2.11 bits per heavy atom. The van der Waals surface area contributed by atoms with Crippen LogP contribution in [0.3, 0.4) is 0 Å². The van der Waals surface area contributed by atoms with Crippen molar-refractivity contribution in [2.45, 2.75) is 37.8 Å². The van der Waals surface area contributed by atoms with E-state index in [0.29, 0.717) is 38.8 Å². The number of nitrogens with one attached hydrogen (secondary N) is 1. The quantitative estimate of drug-likeness (QED) is 0.606. The molecule has 0 saturated carbocycles. The van der Waals surface area contributed by atoms with E-state index < -0.39 is 5.60 Å². The van der Waals surface area contributed by atoms with Crippen LogP contribution in [0, 0.1) is 5.92 Å². The first-order chi connectivity index (χ1) is 13.4. The van der Waals surface area contributed by atoms with Crippen molar-refractivity contribution in [1.82, 2.24) is 10.2 Å². The van der Waals surface area contributed by atoms with Crippen molar-refractivity contribution < 1.29 is 19.4 Å². The van der Waals surface area contributed by atoms with Gasteiger partial charge in [0.15, 0.2) is 0 Å². The lowest BCUT2D eigenvalue weighted by atomic mass is 9.93. The summed E-state index contributed by atoms with van der Waals surface area (Å²) in [6.07, 6.45) is 4.84. The Labute approximate surface area is 166 Å². The zero-order valence-electron chi connectivity index (χ0n) is 16.5. The number of benzene rings is 1. The highest BCUT2D eigenvalue weighted by Gasteiger charge is 2.32. The summed E-state index contributed by atoms with van der Waals surface area (Å²) < 4.78 is 5.23. The maximum atomic E-state index is 12.6. The smallest absolute Gasteiger partial charge is 0.225 e. The van der Waals surface area contributed by atoms with E-state index in [1.54, 1.807) is 24.2 Å². The highest BCUT2D eigenvalue weighted by Crippen LogP contribution is 2.22. The fourth-order valence-corrected chi connectivity index (χ4v) is 3.43. The molecule has 1 atom stereocenters. The van der Waals surface area contributed by atoms with Crippen molar-refractivity contribution in [3.8, 4) is 5.75 Å². The number of piperidine rings is 1. The number of likely N-dealkylation sites (tertiary alicyclic amines) is 1. The molecule has 2 N–H and O–H groups in total. The van der Waals surface area contributed by atoms with Crippen LogP contribution in [0.1, 0.15) is 31.2 Å². The second-order valence-corrected chi connectivity index (χ2v) is 7.29. The number of amides is 2.